The zero-order valence-corrected chi connectivity index (χ0v) is 15.7. The number of halogens is 2. The van der Waals surface area contributed by atoms with Gasteiger partial charge in [-0.1, -0.05) is 0 Å². The van der Waals surface area contributed by atoms with Crippen LogP contribution in [-0.4, -0.2) is 0 Å². The van der Waals surface area contributed by atoms with E-state index >= 15 is 0 Å². The van der Waals surface area contributed by atoms with E-state index in [1.165, 1.54) is 16.7 Å². The Morgan fingerprint density at radius 3 is 2.55 bits per heavy atom. The molecular weight excluding hydrogens is 366 g/mol. The Bertz CT molecular complexity index is 616. The van der Waals surface area contributed by atoms with Crippen molar-refractivity contribution in [2.45, 2.75) is 27.0 Å². The summed E-state index contributed by atoms with van der Waals surface area (Å²) in [5.41, 5.74) is 3.91. The van der Waals surface area contributed by atoms with Gasteiger partial charge < -0.3 is 0 Å². The van der Waals surface area contributed by atoms with Crippen LogP contribution in [0.1, 0.15) is 30.0 Å². The predicted octanol–water partition coefficient (Wildman–Crippen LogP) is 6.00. The zero-order valence-electron chi connectivity index (χ0n) is 11.7. The number of fused-ring (bicyclic) bond motifs is 1. The molecule has 20 heavy (non-hydrogen) atoms. The minimum atomic E-state index is -3.44. The summed E-state index contributed by atoms with van der Waals surface area (Å²) < 4.78 is 0.134. The van der Waals surface area contributed by atoms with Crippen molar-refractivity contribution in [2.24, 2.45) is 0 Å². The number of allylic oxidation sites excluding steroid dienone is 5. The van der Waals surface area contributed by atoms with Crippen LogP contribution in [0.5, 0.6) is 0 Å². The molecule has 3 heteroatoms. The Kier molecular flexibility index (Phi) is 3.91. The molecule has 0 amide bonds. The van der Waals surface area contributed by atoms with E-state index in [1.54, 1.807) is 0 Å². The first-order chi connectivity index (χ1) is 9.51. The van der Waals surface area contributed by atoms with Crippen molar-refractivity contribution in [3.8, 4) is 0 Å². The first-order valence-corrected chi connectivity index (χ1v) is 16.0. The molecular formula is C17H18Cl2Zr. The number of hydrogen-bond acceptors (Lipinski definition) is 0. The summed E-state index contributed by atoms with van der Waals surface area (Å²) in [6.45, 7) is 4.33. The Hall–Kier alpha value is -0.0969. The predicted molar refractivity (Wildman–Crippen MR) is 85.9 cm³/mol. The van der Waals surface area contributed by atoms with Crippen molar-refractivity contribution in [1.82, 2.24) is 0 Å². The summed E-state index contributed by atoms with van der Waals surface area (Å²) in [6.07, 6.45) is 14.0. The van der Waals surface area contributed by atoms with E-state index in [0.717, 1.165) is 6.42 Å². The second kappa shape index (κ2) is 5.27. The van der Waals surface area contributed by atoms with Crippen molar-refractivity contribution in [3.63, 3.8) is 0 Å². The number of hydrogen-bond donors (Lipinski definition) is 0. The average Bonchev–Trinajstić information content (AvgIpc) is 3.06. The fraction of sp³-hybridized carbons (Fsp3) is 0.294. The first kappa shape index (κ1) is 14.8. The van der Waals surface area contributed by atoms with E-state index < -0.39 is 17.9 Å². The Morgan fingerprint density at radius 1 is 1.20 bits per heavy atom. The standard InChI is InChI=1S/C12H13.C5H5.2ClH.Zr/c1-3-10-5-6-11-8-9(2)4-7-12(10)11;1-2-4-5-3-1;;;/h4-8H,3H2,1-2H3;1-5H;2*1H;/q;;;;+2/p-2. The maximum absolute atomic E-state index is 7.09. The van der Waals surface area contributed by atoms with Crippen molar-refractivity contribution in [1.29, 1.82) is 0 Å². The molecule has 0 N–H and O–H groups in total. The molecule has 0 aromatic heterocycles. The summed E-state index contributed by atoms with van der Waals surface area (Å²) in [6, 6.07) is 6.64. The van der Waals surface area contributed by atoms with Crippen LogP contribution < -0.4 is 0 Å². The fourth-order valence-electron chi connectivity index (χ4n) is 3.35. The van der Waals surface area contributed by atoms with Crippen LogP contribution in [-0.2, 0) is 21.0 Å². The molecule has 2 aliphatic carbocycles. The summed E-state index contributed by atoms with van der Waals surface area (Å²) >= 11 is -3.44. The van der Waals surface area contributed by atoms with Gasteiger partial charge in [-0.15, -0.1) is 0 Å². The normalized spacial score (nSPS) is 24.6. The van der Waals surface area contributed by atoms with Crippen molar-refractivity contribution < 1.29 is 17.9 Å². The number of benzene rings is 1. The van der Waals surface area contributed by atoms with Gasteiger partial charge >= 0.3 is 133 Å². The topological polar surface area (TPSA) is 0 Å². The molecule has 0 spiro atoms. The van der Waals surface area contributed by atoms with Crippen LogP contribution in [0.2, 0.25) is 3.63 Å². The molecule has 3 rings (SSSR count). The molecule has 0 fully saturated rings. The van der Waals surface area contributed by atoms with E-state index in [2.05, 4.69) is 68.5 Å². The van der Waals surface area contributed by atoms with Gasteiger partial charge in [-0.05, 0) is 0 Å². The van der Waals surface area contributed by atoms with Crippen molar-refractivity contribution >= 4 is 23.1 Å². The van der Waals surface area contributed by atoms with Gasteiger partial charge in [0.15, 0.2) is 0 Å². The van der Waals surface area contributed by atoms with E-state index in [1.807, 2.05) is 0 Å². The molecule has 0 nitrogen and oxygen atoms in total. The van der Waals surface area contributed by atoms with Gasteiger partial charge in [0, 0.05) is 0 Å². The van der Waals surface area contributed by atoms with Crippen LogP contribution in [0.3, 0.4) is 0 Å². The van der Waals surface area contributed by atoms with Crippen LogP contribution in [0, 0.1) is 6.92 Å². The van der Waals surface area contributed by atoms with Gasteiger partial charge in [0.1, 0.15) is 0 Å². The zero-order chi connectivity index (χ0) is 14.4. The fourth-order valence-corrected chi connectivity index (χ4v) is 15.2. The molecule has 104 valence electrons. The van der Waals surface area contributed by atoms with Crippen LogP contribution in [0.15, 0.2) is 48.6 Å². The molecule has 0 saturated heterocycles. The van der Waals surface area contributed by atoms with Gasteiger partial charge in [0.05, 0.1) is 0 Å². The quantitative estimate of drug-likeness (QED) is 0.599. The van der Waals surface area contributed by atoms with Crippen molar-refractivity contribution in [2.75, 3.05) is 0 Å². The van der Waals surface area contributed by atoms with Gasteiger partial charge in [-0.25, -0.2) is 0 Å². The molecule has 0 aliphatic heterocycles. The summed E-state index contributed by atoms with van der Waals surface area (Å²) in [5.74, 6) is 0. The Labute approximate surface area is 132 Å². The maximum atomic E-state index is 7.09. The molecule has 1 aromatic carbocycles. The van der Waals surface area contributed by atoms with Crippen LogP contribution >= 0.6 is 17.0 Å². The molecule has 0 bridgehead atoms. The van der Waals surface area contributed by atoms with Gasteiger partial charge in [-0.3, -0.25) is 0 Å². The third kappa shape index (κ3) is 2.05. The minimum absolute atomic E-state index is 0.121. The molecule has 1 aromatic rings. The third-order valence-electron chi connectivity index (χ3n) is 4.55. The molecule has 1 atom stereocenters. The third-order valence-corrected chi connectivity index (χ3v) is 19.4. The second-order valence-corrected chi connectivity index (χ2v) is 20.8. The van der Waals surface area contributed by atoms with E-state index in [-0.39, 0.29) is 6.75 Å². The monoisotopic (exact) mass is 382 g/mol. The summed E-state index contributed by atoms with van der Waals surface area (Å²) in [7, 11) is 14.2. The van der Waals surface area contributed by atoms with Gasteiger partial charge in [0.25, 0.3) is 0 Å². The second-order valence-electron chi connectivity index (χ2n) is 5.67. The molecule has 2 aliphatic rings. The average molecular weight is 384 g/mol. The van der Waals surface area contributed by atoms with Gasteiger partial charge in [-0.2, -0.15) is 0 Å². The Balaban J connectivity index is 2.13. The molecule has 1 unspecified atom stereocenters. The van der Waals surface area contributed by atoms with Crippen LogP contribution in [0.4, 0.5) is 0 Å². The summed E-state index contributed by atoms with van der Waals surface area (Å²) in [4.78, 5) is 0. The van der Waals surface area contributed by atoms with Crippen LogP contribution in [0.25, 0.3) is 6.08 Å². The van der Waals surface area contributed by atoms with Gasteiger partial charge in [0.2, 0.25) is 0 Å². The van der Waals surface area contributed by atoms with E-state index in [0.29, 0.717) is 0 Å². The van der Waals surface area contributed by atoms with E-state index in [4.69, 9.17) is 17.0 Å². The van der Waals surface area contributed by atoms with Crippen molar-refractivity contribution in [3.05, 3.63) is 65.3 Å². The molecule has 0 heterocycles. The first-order valence-electron chi connectivity index (χ1n) is 7.04. The number of rotatable bonds is 3. The Morgan fingerprint density at radius 2 is 1.90 bits per heavy atom. The molecule has 0 radical (unpaired) electrons. The molecule has 0 saturated carbocycles. The number of aryl methyl sites for hydroxylation is 1. The SMILES string of the molecule is CC[C]1([Zr]([Cl])([Cl])[CH]2C=CC=C2)C=Cc2cc(C)ccc21. The summed E-state index contributed by atoms with van der Waals surface area (Å²) in [5, 5.41) is 0. The van der Waals surface area contributed by atoms with E-state index in [9.17, 15) is 0 Å².